The summed E-state index contributed by atoms with van der Waals surface area (Å²) in [5.41, 5.74) is 2.30. The summed E-state index contributed by atoms with van der Waals surface area (Å²) in [5, 5.41) is 8.53. The molecule has 0 aromatic heterocycles. The monoisotopic (exact) mass is 293 g/mol. The number of hydrogen-bond donors (Lipinski definition) is 0. The van der Waals surface area contributed by atoms with Crippen molar-refractivity contribution in [3.05, 3.63) is 60.2 Å². The molecule has 0 saturated carbocycles. The summed E-state index contributed by atoms with van der Waals surface area (Å²) in [5.74, 6) is 3.78. The fourth-order valence-corrected chi connectivity index (χ4v) is 1.69. The Hall–Kier alpha value is -2.71. The summed E-state index contributed by atoms with van der Waals surface area (Å²) in [6.07, 6.45) is 0. The van der Waals surface area contributed by atoms with Crippen LogP contribution in [0.5, 0.6) is 5.75 Å². The number of aliphatic imine (C=N–C) groups is 1. The molecule has 0 amide bonds. The molecule has 4 nitrogen and oxygen atoms in total. The Morgan fingerprint density at radius 2 is 1.68 bits per heavy atom. The molecule has 4 heteroatoms. The molecule has 0 N–H and O–H groups in total. The zero-order valence-electron chi connectivity index (χ0n) is 13.0. The Morgan fingerprint density at radius 3 is 2.27 bits per heavy atom. The molecule has 0 atom stereocenters. The number of hydrogen-bond acceptors (Lipinski definition) is 4. The van der Waals surface area contributed by atoms with Crippen molar-refractivity contribution >= 4 is 17.3 Å². The third-order valence-corrected chi connectivity index (χ3v) is 2.81. The molecule has 22 heavy (non-hydrogen) atoms. The van der Waals surface area contributed by atoms with E-state index in [0.717, 1.165) is 17.0 Å². The summed E-state index contributed by atoms with van der Waals surface area (Å²) in [4.78, 5) is 4.28. The first-order valence-electron chi connectivity index (χ1n) is 7.13. The van der Waals surface area contributed by atoms with E-state index >= 15 is 0 Å². The second kappa shape index (κ2) is 7.91. The van der Waals surface area contributed by atoms with Gasteiger partial charge in [0.25, 0.3) is 0 Å². The van der Waals surface area contributed by atoms with Crippen LogP contribution in [0.3, 0.4) is 0 Å². The maximum atomic E-state index is 5.12. The second-order valence-electron chi connectivity index (χ2n) is 4.95. The maximum absolute atomic E-state index is 5.12. The van der Waals surface area contributed by atoms with Crippen LogP contribution in [0.25, 0.3) is 5.70 Å². The first-order valence-corrected chi connectivity index (χ1v) is 7.13. The van der Waals surface area contributed by atoms with Crippen LogP contribution in [0, 0.1) is 0 Å². The average Bonchev–Trinajstić information content (AvgIpc) is 2.56. The minimum absolute atomic E-state index is 0.162. The predicted octanol–water partition coefficient (Wildman–Crippen LogP) is 4.90. The van der Waals surface area contributed by atoms with Gasteiger partial charge in [-0.05, 0) is 38.1 Å². The van der Waals surface area contributed by atoms with E-state index in [-0.39, 0.29) is 6.04 Å². The van der Waals surface area contributed by atoms with Gasteiger partial charge in [0.05, 0.1) is 18.8 Å². The molecule has 2 aromatic carbocycles. The first-order chi connectivity index (χ1) is 10.7. The van der Waals surface area contributed by atoms with Crippen molar-refractivity contribution < 1.29 is 4.74 Å². The molecule has 0 aliphatic carbocycles. The molecular formula is C18H19N3O. The number of azo groups is 1. The Labute approximate surface area is 130 Å². The predicted molar refractivity (Wildman–Crippen MR) is 89.9 cm³/mol. The van der Waals surface area contributed by atoms with Gasteiger partial charge in [-0.15, -0.1) is 10.2 Å². The minimum Gasteiger partial charge on any atom is -0.497 e. The number of nitrogens with zero attached hydrogens (tertiary/aromatic N) is 3. The quantitative estimate of drug-likeness (QED) is 0.571. The number of benzene rings is 2. The van der Waals surface area contributed by atoms with E-state index in [9.17, 15) is 0 Å². The summed E-state index contributed by atoms with van der Waals surface area (Å²) < 4.78 is 5.12. The van der Waals surface area contributed by atoms with Gasteiger partial charge in [-0.2, -0.15) is 0 Å². The summed E-state index contributed by atoms with van der Waals surface area (Å²) in [6, 6.07) is 17.4. The average molecular weight is 293 g/mol. The molecule has 0 saturated heterocycles. The van der Waals surface area contributed by atoms with Gasteiger partial charge < -0.3 is 4.74 Å². The van der Waals surface area contributed by atoms with Crippen LogP contribution in [-0.4, -0.2) is 19.0 Å². The van der Waals surface area contributed by atoms with E-state index in [0.29, 0.717) is 5.70 Å². The Morgan fingerprint density at radius 1 is 1.00 bits per heavy atom. The lowest BCUT2D eigenvalue weighted by Crippen LogP contribution is -1.87. The van der Waals surface area contributed by atoms with Crippen molar-refractivity contribution in [2.45, 2.75) is 19.9 Å². The minimum atomic E-state index is 0.162. The van der Waals surface area contributed by atoms with Crippen molar-refractivity contribution in [1.82, 2.24) is 0 Å². The smallest absolute Gasteiger partial charge is 0.153 e. The molecule has 0 fully saturated rings. The maximum Gasteiger partial charge on any atom is 0.153 e. The van der Waals surface area contributed by atoms with E-state index in [1.54, 1.807) is 7.11 Å². The number of ether oxygens (including phenoxy) is 1. The van der Waals surface area contributed by atoms with Gasteiger partial charge >= 0.3 is 0 Å². The largest absolute Gasteiger partial charge is 0.497 e. The highest BCUT2D eigenvalue weighted by Crippen LogP contribution is 2.20. The van der Waals surface area contributed by atoms with Gasteiger partial charge in [-0.25, -0.2) is 4.99 Å². The van der Waals surface area contributed by atoms with E-state index in [1.165, 1.54) is 0 Å². The lowest BCUT2D eigenvalue weighted by molar-refractivity contribution is 0.415. The third-order valence-electron chi connectivity index (χ3n) is 2.81. The van der Waals surface area contributed by atoms with Crippen LogP contribution < -0.4 is 4.74 Å². The van der Waals surface area contributed by atoms with Crippen LogP contribution in [-0.2, 0) is 0 Å². The van der Waals surface area contributed by atoms with Crippen molar-refractivity contribution in [1.29, 1.82) is 0 Å². The van der Waals surface area contributed by atoms with Gasteiger partial charge in [-0.1, -0.05) is 30.3 Å². The van der Waals surface area contributed by atoms with Crippen LogP contribution in [0.15, 0.2) is 69.8 Å². The third kappa shape index (κ3) is 4.69. The zero-order valence-corrected chi connectivity index (χ0v) is 13.0. The topological polar surface area (TPSA) is 46.3 Å². The van der Waals surface area contributed by atoms with Crippen LogP contribution in [0.4, 0.5) is 5.69 Å². The summed E-state index contributed by atoms with van der Waals surface area (Å²) in [7, 11) is 1.63. The van der Waals surface area contributed by atoms with E-state index in [4.69, 9.17) is 4.74 Å². The number of rotatable bonds is 5. The van der Waals surface area contributed by atoms with Gasteiger partial charge in [0, 0.05) is 11.4 Å². The highest BCUT2D eigenvalue weighted by Gasteiger charge is 2.00. The van der Waals surface area contributed by atoms with Crippen molar-refractivity contribution in [2.24, 2.45) is 15.2 Å². The number of methoxy groups -OCH3 is 1. The summed E-state index contributed by atoms with van der Waals surface area (Å²) in [6.45, 7) is 3.99. The molecule has 0 aliphatic heterocycles. The Kier molecular flexibility index (Phi) is 5.64. The molecule has 0 heterocycles. The van der Waals surface area contributed by atoms with Crippen molar-refractivity contribution in [3.63, 3.8) is 0 Å². The summed E-state index contributed by atoms with van der Waals surface area (Å²) >= 11 is 0. The highest BCUT2D eigenvalue weighted by molar-refractivity contribution is 5.89. The fraction of sp³-hybridized carbons (Fsp3) is 0.222. The lowest BCUT2D eigenvalue weighted by Gasteiger charge is -2.00. The first kappa shape index (κ1) is 15.7. The van der Waals surface area contributed by atoms with E-state index in [2.05, 4.69) is 21.1 Å². The molecule has 2 rings (SSSR count). The molecule has 0 aliphatic rings. The van der Waals surface area contributed by atoms with Crippen molar-refractivity contribution in [3.8, 4) is 5.75 Å². The molecular weight excluding hydrogens is 274 g/mol. The fourth-order valence-electron chi connectivity index (χ4n) is 1.69. The van der Waals surface area contributed by atoms with Gasteiger partial charge in [0.2, 0.25) is 0 Å². The molecule has 0 bridgehead atoms. The molecule has 0 spiro atoms. The normalized spacial score (nSPS) is 10.5. The van der Waals surface area contributed by atoms with Gasteiger partial charge in [0.1, 0.15) is 5.75 Å². The molecule has 0 unspecified atom stereocenters. The Bertz CT molecular complexity index is 682. The van der Waals surface area contributed by atoms with Gasteiger partial charge in [-0.3, -0.25) is 0 Å². The SMILES string of the molecule is COc1ccc(N=NC(=C=NC(C)C)c2ccccc2)cc1. The van der Waals surface area contributed by atoms with Crippen LogP contribution >= 0.6 is 0 Å². The second-order valence-corrected chi connectivity index (χ2v) is 4.95. The standard InChI is InChI=1S/C18H19N3O/c1-14(2)19-13-18(15-7-5-4-6-8-15)21-20-16-9-11-17(22-3)12-10-16/h4-12,14H,1-3H3. The van der Waals surface area contributed by atoms with Crippen LogP contribution in [0.1, 0.15) is 19.4 Å². The lowest BCUT2D eigenvalue weighted by atomic mass is 10.2. The molecule has 2 aromatic rings. The molecule has 0 radical (unpaired) electrons. The van der Waals surface area contributed by atoms with Crippen molar-refractivity contribution in [2.75, 3.05) is 7.11 Å². The molecule has 112 valence electrons. The Balaban J connectivity index is 2.30. The van der Waals surface area contributed by atoms with Crippen LogP contribution in [0.2, 0.25) is 0 Å². The van der Waals surface area contributed by atoms with Gasteiger partial charge in [0.15, 0.2) is 5.70 Å². The zero-order chi connectivity index (χ0) is 15.8. The highest BCUT2D eigenvalue weighted by atomic mass is 16.5. The van der Waals surface area contributed by atoms with E-state index < -0.39 is 0 Å². The van der Waals surface area contributed by atoms with E-state index in [1.807, 2.05) is 68.4 Å².